The molecule has 0 amide bonds. The number of nitrogens with two attached hydrogens (primary N) is 1. The number of nitrogen functional groups attached to an aromatic ring is 1. The fraction of sp³-hybridized carbons (Fsp3) is 0. The molecule has 2 aromatic heterocycles. The maximum atomic E-state index is 9.01. The van der Waals surface area contributed by atoms with Gasteiger partial charge >= 0.3 is 0 Å². The van der Waals surface area contributed by atoms with Crippen LogP contribution in [0.5, 0.6) is 0 Å². The maximum Gasteiger partial charge on any atom is 0.146 e. The van der Waals surface area contributed by atoms with Gasteiger partial charge in [-0.3, -0.25) is 0 Å². The van der Waals surface area contributed by atoms with Gasteiger partial charge in [-0.15, -0.1) is 22.7 Å². The van der Waals surface area contributed by atoms with Crippen LogP contribution in [-0.4, -0.2) is 0 Å². The Kier molecular flexibility index (Phi) is 6.67. The van der Waals surface area contributed by atoms with Crippen LogP contribution < -0.4 is 23.9 Å². The second-order valence-electron chi connectivity index (χ2n) is 5.99. The maximum absolute atomic E-state index is 9.01. The Hall–Kier alpha value is -4.12. The van der Waals surface area contributed by atoms with Gasteiger partial charge in [0.15, 0.2) is 0 Å². The van der Waals surface area contributed by atoms with Gasteiger partial charge in [0.05, 0.1) is 14.8 Å². The molecule has 0 saturated heterocycles. The van der Waals surface area contributed by atoms with Gasteiger partial charge in [-0.25, -0.2) is 0 Å². The molecule has 0 atom stereocenters. The summed E-state index contributed by atoms with van der Waals surface area (Å²) >= 11 is 7.56. The second-order valence-corrected chi connectivity index (χ2v) is 8.40. The molecule has 0 fully saturated rings. The smallest absolute Gasteiger partial charge is 0.146 e. The molecule has 0 radical (unpaired) electrons. The molecule has 0 aliphatic rings. The van der Waals surface area contributed by atoms with E-state index in [1.807, 2.05) is 60.7 Å². The van der Waals surface area contributed by atoms with Crippen LogP contribution in [0.25, 0.3) is 23.3 Å². The third-order valence-corrected chi connectivity index (χ3v) is 6.44. The van der Waals surface area contributed by atoms with E-state index in [0.717, 1.165) is 9.06 Å². The molecule has 2 N–H and O–H groups in total. The average Bonchev–Trinajstić information content (AvgIpc) is 3.42. The molecule has 0 unspecified atom stereocenters. The quantitative estimate of drug-likeness (QED) is 0.600. The fourth-order valence-corrected chi connectivity index (χ4v) is 4.71. The molecule has 0 spiro atoms. The van der Waals surface area contributed by atoms with Gasteiger partial charge in [0.2, 0.25) is 0 Å². The van der Waals surface area contributed by atoms with Gasteiger partial charge in [-0.1, -0.05) is 12.1 Å². The molecule has 0 aliphatic carbocycles. The first-order valence-corrected chi connectivity index (χ1v) is 10.5. The summed E-state index contributed by atoms with van der Waals surface area (Å²) < 4.78 is 6.75. The topological polar surface area (TPSA) is 134 Å². The molecular formula is C22H10N6S3. The van der Waals surface area contributed by atoms with E-state index in [-0.39, 0.29) is 11.1 Å². The number of nitrogens with zero attached hydrogens (tertiary/aromatic N) is 5. The summed E-state index contributed by atoms with van der Waals surface area (Å²) in [4.78, 5) is 0. The van der Waals surface area contributed by atoms with Gasteiger partial charge in [-0.05, 0) is 36.4 Å². The molecule has 1 aromatic carbocycles. The van der Waals surface area contributed by atoms with E-state index in [1.165, 1.54) is 22.7 Å². The zero-order valence-corrected chi connectivity index (χ0v) is 18.1. The molecule has 2 heterocycles. The first-order chi connectivity index (χ1) is 15.0. The third-order valence-electron chi connectivity index (χ3n) is 4.16. The van der Waals surface area contributed by atoms with Gasteiger partial charge in [0.1, 0.15) is 41.1 Å². The molecule has 0 bridgehead atoms. The second kappa shape index (κ2) is 9.59. The summed E-state index contributed by atoms with van der Waals surface area (Å²) in [7, 11) is 0. The van der Waals surface area contributed by atoms with Crippen LogP contribution >= 0.6 is 22.7 Å². The summed E-state index contributed by atoms with van der Waals surface area (Å²) in [6.07, 6.45) is 3.68. The van der Waals surface area contributed by atoms with E-state index in [4.69, 9.17) is 39.2 Å². The highest BCUT2D eigenvalue weighted by atomic mass is 32.1. The number of rotatable bonds is 3. The summed E-state index contributed by atoms with van der Waals surface area (Å²) in [5.41, 5.74) is 8.70. The lowest BCUT2D eigenvalue weighted by Crippen LogP contribution is -2.00. The minimum Gasteiger partial charge on any atom is -0.396 e. The molecule has 3 rings (SSSR count). The summed E-state index contributed by atoms with van der Waals surface area (Å²) in [6.45, 7) is 0. The van der Waals surface area contributed by atoms with Gasteiger partial charge < -0.3 is 5.73 Å². The molecule has 0 aliphatic heterocycles. The Labute approximate surface area is 190 Å². The van der Waals surface area contributed by atoms with Crippen LogP contribution in [0.4, 0.5) is 11.4 Å². The molecule has 146 valence electrons. The van der Waals surface area contributed by atoms with Crippen molar-refractivity contribution in [2.75, 3.05) is 5.73 Å². The van der Waals surface area contributed by atoms with Crippen molar-refractivity contribution in [1.29, 1.82) is 21.0 Å². The standard InChI is InChI=1S/C22H10N6S3/c23-9-15(10-24)19-5-3-17(30-19)7-13-1-2-14(22(28-29)21(13)27)8-18-4-6-20(31-18)16(11-25)12-26/h1-8H,27H2/b17-7+,18-8+. The SMILES string of the molecule is N#CC(C#N)=c1cc/c(=C\c2ccc(/C=c3\ccc(=C(C#N)C#N)s3)c(N=S)c2N)s1. The van der Waals surface area contributed by atoms with E-state index >= 15 is 0 Å². The van der Waals surface area contributed by atoms with E-state index in [0.29, 0.717) is 31.6 Å². The first-order valence-electron chi connectivity index (χ1n) is 8.54. The van der Waals surface area contributed by atoms with Crippen LogP contribution in [0.3, 0.4) is 0 Å². The highest BCUT2D eigenvalue weighted by Gasteiger charge is 2.08. The number of hydrogen-bond donors (Lipinski definition) is 1. The van der Waals surface area contributed by atoms with Crippen molar-refractivity contribution in [2.24, 2.45) is 4.36 Å². The summed E-state index contributed by atoms with van der Waals surface area (Å²) in [5.74, 6) is 0. The lowest BCUT2D eigenvalue weighted by molar-refractivity contribution is 1.51. The van der Waals surface area contributed by atoms with Crippen LogP contribution in [0.2, 0.25) is 0 Å². The minimum atomic E-state index is 0.0609. The van der Waals surface area contributed by atoms with E-state index in [9.17, 15) is 0 Å². The number of nitriles is 4. The van der Waals surface area contributed by atoms with E-state index in [1.54, 1.807) is 12.1 Å². The Bertz CT molecular complexity index is 1580. The van der Waals surface area contributed by atoms with Crippen molar-refractivity contribution >= 4 is 69.8 Å². The predicted octanol–water partition coefficient (Wildman–Crippen LogP) is 1.81. The molecule has 9 heteroatoms. The molecule has 0 saturated carbocycles. The monoisotopic (exact) mass is 454 g/mol. The highest BCUT2D eigenvalue weighted by molar-refractivity contribution is 7.47. The van der Waals surface area contributed by atoms with Crippen molar-refractivity contribution in [2.45, 2.75) is 0 Å². The van der Waals surface area contributed by atoms with Crippen molar-refractivity contribution in [3.05, 3.63) is 65.7 Å². The third kappa shape index (κ3) is 4.56. The first kappa shape index (κ1) is 21.6. The van der Waals surface area contributed by atoms with Gasteiger partial charge in [0.25, 0.3) is 0 Å². The van der Waals surface area contributed by atoms with Crippen LogP contribution in [0.15, 0.2) is 40.8 Å². The highest BCUT2D eigenvalue weighted by Crippen LogP contribution is 2.31. The molecule has 31 heavy (non-hydrogen) atoms. The zero-order valence-electron chi connectivity index (χ0n) is 15.7. The van der Waals surface area contributed by atoms with Crippen molar-refractivity contribution in [1.82, 2.24) is 0 Å². The average molecular weight is 455 g/mol. The van der Waals surface area contributed by atoms with Crippen LogP contribution in [0.1, 0.15) is 11.1 Å². The van der Waals surface area contributed by atoms with Crippen LogP contribution in [0, 0.1) is 45.3 Å². The Balaban J connectivity index is 2.13. The molecule has 3 aromatic rings. The van der Waals surface area contributed by atoms with E-state index in [2.05, 4.69) is 4.36 Å². The fourth-order valence-electron chi connectivity index (χ4n) is 2.69. The van der Waals surface area contributed by atoms with Crippen molar-refractivity contribution < 1.29 is 0 Å². The predicted molar refractivity (Wildman–Crippen MR) is 124 cm³/mol. The number of thiophene rings is 2. The lowest BCUT2D eigenvalue weighted by Gasteiger charge is -2.07. The molecular weight excluding hydrogens is 444 g/mol. The summed E-state index contributed by atoms with van der Waals surface area (Å²) in [5, 5.41) is 36.0. The lowest BCUT2D eigenvalue weighted by atomic mass is 10.1. The largest absolute Gasteiger partial charge is 0.396 e. The Morgan fingerprint density at radius 3 is 1.68 bits per heavy atom. The Morgan fingerprint density at radius 2 is 1.23 bits per heavy atom. The normalized spacial score (nSPS) is 11.1. The molecule has 6 nitrogen and oxygen atoms in total. The summed E-state index contributed by atoms with van der Waals surface area (Å²) in [6, 6.07) is 18.2. The van der Waals surface area contributed by atoms with Gasteiger partial charge in [0, 0.05) is 32.6 Å². The van der Waals surface area contributed by atoms with Crippen molar-refractivity contribution in [3.8, 4) is 24.3 Å². The number of benzene rings is 1. The Morgan fingerprint density at radius 1 is 0.774 bits per heavy atom. The number of anilines is 1. The zero-order chi connectivity index (χ0) is 22.4. The minimum absolute atomic E-state index is 0.0609. The van der Waals surface area contributed by atoms with Crippen LogP contribution in [-0.2, 0) is 12.4 Å². The van der Waals surface area contributed by atoms with Gasteiger partial charge in [-0.2, -0.15) is 25.4 Å². The van der Waals surface area contributed by atoms with Crippen molar-refractivity contribution in [3.63, 3.8) is 0 Å². The van der Waals surface area contributed by atoms with E-state index < -0.39 is 0 Å². The number of hydrogen-bond acceptors (Lipinski definition) is 9.